The van der Waals surface area contributed by atoms with E-state index in [1.165, 1.54) is 17.8 Å². The number of nitrogens with two attached hydrogens (primary N) is 1. The fourth-order valence-corrected chi connectivity index (χ4v) is 2.79. The van der Waals surface area contributed by atoms with Crippen molar-refractivity contribution in [1.29, 1.82) is 0 Å². The summed E-state index contributed by atoms with van der Waals surface area (Å²) in [7, 11) is 0. The Morgan fingerprint density at radius 1 is 1.38 bits per heavy atom. The number of anilines is 1. The second-order valence-corrected chi connectivity index (χ2v) is 6.42. The van der Waals surface area contributed by atoms with Crippen molar-refractivity contribution in [3.8, 4) is 0 Å². The summed E-state index contributed by atoms with van der Waals surface area (Å²) in [5.41, 5.74) is 5.86. The highest BCUT2D eigenvalue weighted by Crippen LogP contribution is 2.28. The minimum Gasteiger partial charge on any atom is -0.374 e. The summed E-state index contributed by atoms with van der Waals surface area (Å²) in [6, 6.07) is 0. The molecule has 1 aromatic rings. The van der Waals surface area contributed by atoms with E-state index in [4.69, 9.17) is 5.73 Å². The Balaban J connectivity index is 2.28. The van der Waals surface area contributed by atoms with Crippen LogP contribution in [-0.2, 0) is 0 Å². The predicted molar refractivity (Wildman–Crippen MR) is 59.1 cm³/mol. The standard InChI is InChI=1S/C8H15N3S2/c1-8(2,3)4-5-12-7-11-10-6(9)13-7/h4-5H2,1-3H3,(H2,9,10). The molecule has 1 heterocycles. The Labute approximate surface area is 87.1 Å². The van der Waals surface area contributed by atoms with Gasteiger partial charge in [-0.2, -0.15) is 0 Å². The molecular formula is C8H15N3S2. The molecule has 0 radical (unpaired) electrons. The van der Waals surface area contributed by atoms with Gasteiger partial charge in [0.15, 0.2) is 4.34 Å². The van der Waals surface area contributed by atoms with E-state index < -0.39 is 0 Å². The van der Waals surface area contributed by atoms with Crippen LogP contribution in [0.4, 0.5) is 5.13 Å². The maximum atomic E-state index is 5.47. The molecule has 0 unspecified atom stereocenters. The molecule has 74 valence electrons. The van der Waals surface area contributed by atoms with Gasteiger partial charge in [0.05, 0.1) is 0 Å². The molecule has 0 aromatic carbocycles. The van der Waals surface area contributed by atoms with Crippen LogP contribution in [0, 0.1) is 5.41 Å². The molecule has 1 aromatic heterocycles. The summed E-state index contributed by atoms with van der Waals surface area (Å²) in [4.78, 5) is 0. The second-order valence-electron chi connectivity index (χ2n) is 4.07. The third-order valence-electron chi connectivity index (χ3n) is 1.50. The minimum atomic E-state index is 0.392. The van der Waals surface area contributed by atoms with E-state index in [2.05, 4.69) is 31.0 Å². The third kappa shape index (κ3) is 4.47. The molecule has 0 spiro atoms. The largest absolute Gasteiger partial charge is 0.374 e. The number of nitrogens with zero attached hydrogens (tertiary/aromatic N) is 2. The molecule has 0 fully saturated rings. The van der Waals surface area contributed by atoms with Crippen LogP contribution in [0.5, 0.6) is 0 Å². The zero-order valence-electron chi connectivity index (χ0n) is 8.20. The lowest BCUT2D eigenvalue weighted by molar-refractivity contribution is 0.401. The zero-order valence-corrected chi connectivity index (χ0v) is 9.84. The molecule has 0 aliphatic heterocycles. The fraction of sp³-hybridized carbons (Fsp3) is 0.750. The summed E-state index contributed by atoms with van der Waals surface area (Å²) in [5.74, 6) is 1.08. The highest BCUT2D eigenvalue weighted by atomic mass is 32.2. The third-order valence-corrected chi connectivity index (χ3v) is 3.39. The molecule has 2 N–H and O–H groups in total. The SMILES string of the molecule is CC(C)(C)CCSc1nnc(N)s1. The van der Waals surface area contributed by atoms with Crippen molar-refractivity contribution < 1.29 is 0 Å². The van der Waals surface area contributed by atoms with Gasteiger partial charge in [0, 0.05) is 5.75 Å². The maximum Gasteiger partial charge on any atom is 0.203 e. The van der Waals surface area contributed by atoms with Crippen LogP contribution in [-0.4, -0.2) is 16.0 Å². The number of aromatic nitrogens is 2. The van der Waals surface area contributed by atoms with Gasteiger partial charge in [0.2, 0.25) is 5.13 Å². The first-order valence-corrected chi connectivity index (χ1v) is 5.99. The number of hydrogen-bond acceptors (Lipinski definition) is 5. The fourth-order valence-electron chi connectivity index (χ4n) is 0.723. The molecule has 0 amide bonds. The smallest absolute Gasteiger partial charge is 0.203 e. The lowest BCUT2D eigenvalue weighted by Gasteiger charge is -2.16. The Bertz CT molecular complexity index is 265. The van der Waals surface area contributed by atoms with Crippen LogP contribution in [0.15, 0.2) is 4.34 Å². The zero-order chi connectivity index (χ0) is 9.90. The van der Waals surface area contributed by atoms with Crippen LogP contribution in [0.25, 0.3) is 0 Å². The average Bonchev–Trinajstić information content (AvgIpc) is 2.33. The summed E-state index contributed by atoms with van der Waals surface area (Å²) in [6.45, 7) is 6.71. The average molecular weight is 217 g/mol. The van der Waals surface area contributed by atoms with Gasteiger partial charge in [-0.25, -0.2) is 0 Å². The van der Waals surface area contributed by atoms with E-state index in [-0.39, 0.29) is 0 Å². The van der Waals surface area contributed by atoms with Crippen LogP contribution >= 0.6 is 23.1 Å². The monoisotopic (exact) mass is 217 g/mol. The number of hydrogen-bond donors (Lipinski definition) is 1. The molecule has 3 nitrogen and oxygen atoms in total. The molecule has 5 heteroatoms. The van der Waals surface area contributed by atoms with Gasteiger partial charge < -0.3 is 5.73 Å². The number of rotatable bonds is 3. The number of thioether (sulfide) groups is 1. The van der Waals surface area contributed by atoms with E-state index in [1.54, 1.807) is 11.8 Å². The Kier molecular flexibility index (Phi) is 3.55. The van der Waals surface area contributed by atoms with Crippen molar-refractivity contribution in [1.82, 2.24) is 10.2 Å². The number of nitrogen functional groups attached to an aromatic ring is 1. The first-order valence-electron chi connectivity index (χ1n) is 4.19. The topological polar surface area (TPSA) is 51.8 Å². The van der Waals surface area contributed by atoms with Crippen molar-refractivity contribution in [2.75, 3.05) is 11.5 Å². The van der Waals surface area contributed by atoms with Crippen molar-refractivity contribution >= 4 is 28.2 Å². The van der Waals surface area contributed by atoms with Crippen molar-refractivity contribution in [2.45, 2.75) is 31.5 Å². The first kappa shape index (κ1) is 10.8. The van der Waals surface area contributed by atoms with Crippen LogP contribution in [0.2, 0.25) is 0 Å². The summed E-state index contributed by atoms with van der Waals surface area (Å²) in [6.07, 6.45) is 1.18. The molecule has 1 rings (SSSR count). The lowest BCUT2D eigenvalue weighted by atomic mass is 9.94. The molecule has 0 aliphatic carbocycles. The molecule has 0 atom stereocenters. The van der Waals surface area contributed by atoms with Crippen LogP contribution in [0.1, 0.15) is 27.2 Å². The van der Waals surface area contributed by atoms with Gasteiger partial charge in [-0.15, -0.1) is 10.2 Å². The van der Waals surface area contributed by atoms with E-state index in [9.17, 15) is 0 Å². The van der Waals surface area contributed by atoms with Gasteiger partial charge in [0.25, 0.3) is 0 Å². The Hall–Kier alpha value is -0.290. The van der Waals surface area contributed by atoms with E-state index >= 15 is 0 Å². The summed E-state index contributed by atoms with van der Waals surface area (Å²) >= 11 is 3.19. The lowest BCUT2D eigenvalue weighted by Crippen LogP contribution is -2.05. The molecular weight excluding hydrogens is 202 g/mol. The minimum absolute atomic E-state index is 0.392. The van der Waals surface area contributed by atoms with E-state index in [1.807, 2.05) is 0 Å². The predicted octanol–water partition coefficient (Wildman–Crippen LogP) is 2.65. The van der Waals surface area contributed by atoms with Crippen molar-refractivity contribution in [3.05, 3.63) is 0 Å². The summed E-state index contributed by atoms with van der Waals surface area (Å²) in [5, 5.41) is 8.25. The molecule has 0 aliphatic rings. The molecule has 0 saturated heterocycles. The van der Waals surface area contributed by atoms with Gasteiger partial charge in [-0.3, -0.25) is 0 Å². The molecule has 0 saturated carbocycles. The van der Waals surface area contributed by atoms with Gasteiger partial charge in [-0.1, -0.05) is 43.9 Å². The van der Waals surface area contributed by atoms with Gasteiger partial charge in [-0.05, 0) is 11.8 Å². The van der Waals surface area contributed by atoms with E-state index in [0.717, 1.165) is 10.1 Å². The Morgan fingerprint density at radius 2 is 2.08 bits per heavy atom. The van der Waals surface area contributed by atoms with Crippen molar-refractivity contribution in [3.63, 3.8) is 0 Å². The highest BCUT2D eigenvalue weighted by Gasteiger charge is 2.10. The Morgan fingerprint density at radius 3 is 2.54 bits per heavy atom. The van der Waals surface area contributed by atoms with Crippen LogP contribution in [0.3, 0.4) is 0 Å². The molecule has 0 bridgehead atoms. The summed E-state index contributed by atoms with van der Waals surface area (Å²) < 4.78 is 0.974. The van der Waals surface area contributed by atoms with Gasteiger partial charge in [0.1, 0.15) is 0 Å². The highest BCUT2D eigenvalue weighted by molar-refractivity contribution is 8.01. The maximum absolute atomic E-state index is 5.47. The van der Waals surface area contributed by atoms with Gasteiger partial charge >= 0.3 is 0 Å². The van der Waals surface area contributed by atoms with Crippen LogP contribution < -0.4 is 5.73 Å². The normalized spacial score (nSPS) is 11.9. The quantitative estimate of drug-likeness (QED) is 0.791. The van der Waals surface area contributed by atoms with Crippen molar-refractivity contribution in [2.24, 2.45) is 5.41 Å². The van der Waals surface area contributed by atoms with E-state index in [0.29, 0.717) is 10.5 Å². The first-order chi connectivity index (χ1) is 5.97. The second kappa shape index (κ2) is 4.28. The molecule has 13 heavy (non-hydrogen) atoms.